The molecular formula is C15H21Cl. The zero-order valence-electron chi connectivity index (χ0n) is 10.1. The van der Waals surface area contributed by atoms with Gasteiger partial charge in [0.15, 0.2) is 0 Å². The summed E-state index contributed by atoms with van der Waals surface area (Å²) in [5.41, 5.74) is 2.77. The molecule has 1 unspecified atom stereocenters. The predicted octanol–water partition coefficient (Wildman–Crippen LogP) is 4.90. The van der Waals surface area contributed by atoms with Crippen molar-refractivity contribution in [2.45, 2.75) is 44.9 Å². The molecular weight excluding hydrogens is 216 g/mol. The highest BCUT2D eigenvalue weighted by Crippen LogP contribution is 2.36. The van der Waals surface area contributed by atoms with Gasteiger partial charge in [0.25, 0.3) is 0 Å². The molecule has 0 amide bonds. The first kappa shape index (κ1) is 12.0. The highest BCUT2D eigenvalue weighted by atomic mass is 35.5. The summed E-state index contributed by atoms with van der Waals surface area (Å²) < 4.78 is 0. The van der Waals surface area contributed by atoms with E-state index in [4.69, 9.17) is 11.6 Å². The molecule has 1 fully saturated rings. The monoisotopic (exact) mass is 236 g/mol. The summed E-state index contributed by atoms with van der Waals surface area (Å²) in [6.45, 7) is 2.14. The van der Waals surface area contributed by atoms with Crippen LogP contribution in [0.1, 0.15) is 49.1 Å². The second kappa shape index (κ2) is 5.72. The third kappa shape index (κ3) is 2.79. The molecule has 88 valence electrons. The summed E-state index contributed by atoms with van der Waals surface area (Å²) in [5.74, 6) is 2.16. The third-order valence-corrected chi connectivity index (χ3v) is 4.22. The van der Waals surface area contributed by atoms with Gasteiger partial charge in [-0.25, -0.2) is 0 Å². The van der Waals surface area contributed by atoms with E-state index in [9.17, 15) is 0 Å². The maximum absolute atomic E-state index is 6.18. The Bertz CT molecular complexity index is 309. The van der Waals surface area contributed by atoms with Crippen molar-refractivity contribution in [3.05, 3.63) is 35.4 Å². The molecule has 0 saturated heterocycles. The van der Waals surface area contributed by atoms with Crippen molar-refractivity contribution in [3.8, 4) is 0 Å². The minimum atomic E-state index is 0.572. The normalized spacial score (nSPS) is 19.6. The van der Waals surface area contributed by atoms with E-state index < -0.39 is 0 Å². The highest BCUT2D eigenvalue weighted by Gasteiger charge is 2.24. The Balaban J connectivity index is 2.11. The molecule has 1 aromatic rings. The summed E-state index contributed by atoms with van der Waals surface area (Å²) in [5, 5.41) is 0. The van der Waals surface area contributed by atoms with Crippen LogP contribution < -0.4 is 0 Å². The molecule has 16 heavy (non-hydrogen) atoms. The zero-order valence-corrected chi connectivity index (χ0v) is 10.8. The van der Waals surface area contributed by atoms with Crippen LogP contribution in [0.25, 0.3) is 0 Å². The quantitative estimate of drug-likeness (QED) is 0.655. The average molecular weight is 237 g/mol. The van der Waals surface area contributed by atoms with E-state index in [0.717, 1.165) is 11.8 Å². The van der Waals surface area contributed by atoms with Gasteiger partial charge >= 0.3 is 0 Å². The average Bonchev–Trinajstić information content (AvgIpc) is 2.34. The van der Waals surface area contributed by atoms with E-state index in [1.165, 1.54) is 43.2 Å². The fourth-order valence-electron chi connectivity index (χ4n) is 2.84. The van der Waals surface area contributed by atoms with E-state index >= 15 is 0 Å². The second-order valence-corrected chi connectivity index (χ2v) is 5.38. The van der Waals surface area contributed by atoms with Gasteiger partial charge in [-0.2, -0.15) is 0 Å². The zero-order chi connectivity index (χ0) is 11.4. The first-order valence-electron chi connectivity index (χ1n) is 6.44. The van der Waals surface area contributed by atoms with Gasteiger partial charge in [-0.15, -0.1) is 11.6 Å². The molecule has 1 aromatic carbocycles. The molecule has 0 radical (unpaired) electrons. The van der Waals surface area contributed by atoms with Gasteiger partial charge in [0.2, 0.25) is 0 Å². The summed E-state index contributed by atoms with van der Waals surface area (Å²) in [4.78, 5) is 0. The minimum Gasteiger partial charge on any atom is -0.126 e. The fraction of sp³-hybridized carbons (Fsp3) is 0.600. The Labute approximate surface area is 104 Å². The highest BCUT2D eigenvalue weighted by molar-refractivity contribution is 6.18. The van der Waals surface area contributed by atoms with Gasteiger partial charge in [0, 0.05) is 11.8 Å². The molecule has 1 aliphatic rings. The summed E-state index contributed by atoms with van der Waals surface area (Å²) in [6.07, 6.45) is 6.93. The maximum atomic E-state index is 6.18. The topological polar surface area (TPSA) is 0 Å². The van der Waals surface area contributed by atoms with E-state index in [2.05, 4.69) is 31.2 Å². The smallest absolute Gasteiger partial charge is 0.0294 e. The predicted molar refractivity (Wildman–Crippen MR) is 71.2 cm³/mol. The number of alkyl halides is 1. The van der Waals surface area contributed by atoms with Gasteiger partial charge in [0.1, 0.15) is 0 Å². The number of hydrogen-bond donors (Lipinski definition) is 0. The molecule has 0 N–H and O–H groups in total. The molecule has 0 heterocycles. The maximum Gasteiger partial charge on any atom is 0.0294 e. The molecule has 0 spiro atoms. The number of aryl methyl sites for hydroxylation is 1. The Hall–Kier alpha value is -0.490. The summed E-state index contributed by atoms with van der Waals surface area (Å²) in [6, 6.07) is 8.93. The van der Waals surface area contributed by atoms with Crippen molar-refractivity contribution in [1.29, 1.82) is 0 Å². The summed E-state index contributed by atoms with van der Waals surface area (Å²) in [7, 11) is 0. The van der Waals surface area contributed by atoms with Crippen LogP contribution in [0, 0.1) is 12.8 Å². The van der Waals surface area contributed by atoms with E-state index in [0.29, 0.717) is 5.92 Å². The van der Waals surface area contributed by atoms with E-state index in [1.54, 1.807) is 0 Å². The van der Waals surface area contributed by atoms with Gasteiger partial charge in [0.05, 0.1) is 0 Å². The molecule has 2 rings (SSSR count). The standard InChI is InChI=1S/C15H21Cl/c1-12-7-9-14(10-8-12)15(11-16)13-5-3-2-4-6-13/h7-10,13,15H,2-6,11H2,1H3. The Morgan fingerprint density at radius 2 is 1.75 bits per heavy atom. The molecule has 0 bridgehead atoms. The van der Waals surface area contributed by atoms with Crippen LogP contribution in [0.15, 0.2) is 24.3 Å². The SMILES string of the molecule is Cc1ccc(C(CCl)C2CCCCC2)cc1. The molecule has 1 saturated carbocycles. The van der Waals surface area contributed by atoms with Crippen molar-refractivity contribution in [2.24, 2.45) is 5.92 Å². The van der Waals surface area contributed by atoms with Crippen molar-refractivity contribution < 1.29 is 0 Å². The van der Waals surface area contributed by atoms with E-state index in [-0.39, 0.29) is 0 Å². The van der Waals surface area contributed by atoms with Gasteiger partial charge in [-0.05, 0) is 31.2 Å². The number of rotatable bonds is 3. The summed E-state index contributed by atoms with van der Waals surface area (Å²) >= 11 is 6.18. The Morgan fingerprint density at radius 1 is 1.12 bits per heavy atom. The Morgan fingerprint density at radius 3 is 2.31 bits per heavy atom. The number of hydrogen-bond acceptors (Lipinski definition) is 0. The van der Waals surface area contributed by atoms with Crippen molar-refractivity contribution in [2.75, 3.05) is 5.88 Å². The Kier molecular flexibility index (Phi) is 4.29. The minimum absolute atomic E-state index is 0.572. The first-order chi connectivity index (χ1) is 7.81. The largest absolute Gasteiger partial charge is 0.126 e. The number of halogens is 1. The lowest BCUT2D eigenvalue weighted by atomic mass is 9.77. The lowest BCUT2D eigenvalue weighted by molar-refractivity contribution is 0.318. The molecule has 1 heteroatoms. The van der Waals surface area contributed by atoms with Crippen LogP contribution in [-0.4, -0.2) is 5.88 Å². The molecule has 0 aliphatic heterocycles. The second-order valence-electron chi connectivity index (χ2n) is 5.07. The van der Waals surface area contributed by atoms with Crippen LogP contribution in [0.3, 0.4) is 0 Å². The van der Waals surface area contributed by atoms with Crippen LogP contribution in [0.5, 0.6) is 0 Å². The van der Waals surface area contributed by atoms with Crippen molar-refractivity contribution >= 4 is 11.6 Å². The van der Waals surface area contributed by atoms with E-state index in [1.807, 2.05) is 0 Å². The fourth-order valence-corrected chi connectivity index (χ4v) is 3.27. The molecule has 0 nitrogen and oxygen atoms in total. The third-order valence-electron chi connectivity index (χ3n) is 3.89. The molecule has 1 aliphatic carbocycles. The van der Waals surface area contributed by atoms with Gasteiger partial charge in [-0.3, -0.25) is 0 Å². The van der Waals surface area contributed by atoms with Crippen LogP contribution in [0.2, 0.25) is 0 Å². The number of benzene rings is 1. The van der Waals surface area contributed by atoms with Crippen molar-refractivity contribution in [3.63, 3.8) is 0 Å². The van der Waals surface area contributed by atoms with Crippen LogP contribution >= 0.6 is 11.6 Å². The molecule has 1 atom stereocenters. The lowest BCUT2D eigenvalue weighted by Crippen LogP contribution is -2.17. The van der Waals surface area contributed by atoms with Gasteiger partial charge in [-0.1, -0.05) is 49.1 Å². The molecule has 0 aromatic heterocycles. The first-order valence-corrected chi connectivity index (χ1v) is 6.97. The van der Waals surface area contributed by atoms with Crippen LogP contribution in [0.4, 0.5) is 0 Å². The van der Waals surface area contributed by atoms with Crippen LogP contribution in [-0.2, 0) is 0 Å². The lowest BCUT2D eigenvalue weighted by Gasteiger charge is -2.29. The van der Waals surface area contributed by atoms with Gasteiger partial charge < -0.3 is 0 Å². The van der Waals surface area contributed by atoms with Crippen molar-refractivity contribution in [1.82, 2.24) is 0 Å².